The predicted molar refractivity (Wildman–Crippen MR) is 208 cm³/mol. The van der Waals surface area contributed by atoms with Crippen molar-refractivity contribution in [3.8, 4) is 0 Å². The lowest BCUT2D eigenvalue weighted by atomic mass is 9.41. The number of carbonyl (C=O) groups is 1. The van der Waals surface area contributed by atoms with Crippen LogP contribution in [0.5, 0.6) is 0 Å². The molecule has 0 aromatic rings. The van der Waals surface area contributed by atoms with Crippen LogP contribution in [-0.4, -0.2) is 34.0 Å². The van der Waals surface area contributed by atoms with Gasteiger partial charge in [0.2, 0.25) is 0 Å². The highest BCUT2D eigenvalue weighted by molar-refractivity contribution is 5.69. The molecule has 0 heterocycles. The molecule has 0 saturated heterocycles. The van der Waals surface area contributed by atoms with Gasteiger partial charge in [-0.05, 0) is 136 Å². The average Bonchev–Trinajstić information content (AvgIpc) is 3.64. The van der Waals surface area contributed by atoms with Gasteiger partial charge in [-0.1, -0.05) is 119 Å². The molecule has 50 heavy (non-hydrogen) atoms. The van der Waals surface area contributed by atoms with Crippen molar-refractivity contribution in [1.82, 2.24) is 0 Å². The van der Waals surface area contributed by atoms with Crippen molar-refractivity contribution in [1.29, 1.82) is 0 Å². The van der Waals surface area contributed by atoms with Crippen LogP contribution in [0.3, 0.4) is 0 Å². The van der Waals surface area contributed by atoms with E-state index in [-0.39, 0.29) is 17.5 Å². The van der Waals surface area contributed by atoms with E-state index in [0.29, 0.717) is 52.3 Å². The fourth-order valence-corrected chi connectivity index (χ4v) is 14.0. The van der Waals surface area contributed by atoms with E-state index in [1.165, 1.54) is 122 Å². The normalized spacial score (nSPS) is 38.4. The van der Waals surface area contributed by atoms with Crippen molar-refractivity contribution in [2.75, 3.05) is 0 Å². The molecule has 5 saturated carbocycles. The Bertz CT molecular complexity index is 1110. The molecule has 5 aliphatic carbocycles. The van der Waals surface area contributed by atoms with Crippen LogP contribution in [0, 0.1) is 50.7 Å². The molecule has 5 aliphatic rings. The lowest BCUT2D eigenvalue weighted by Gasteiger charge is -2.63. The molecule has 4 nitrogen and oxygen atoms in total. The van der Waals surface area contributed by atoms with Gasteiger partial charge < -0.3 is 14.9 Å². The van der Waals surface area contributed by atoms with E-state index in [2.05, 4.69) is 41.5 Å². The highest BCUT2D eigenvalue weighted by Gasteiger charge is 2.82. The Hall–Kier alpha value is -0.610. The molecular formula is C46H82O4. The van der Waals surface area contributed by atoms with E-state index in [9.17, 15) is 15.0 Å². The number of unbranched alkanes of at least 4 members (excludes halogenated alkanes) is 12. The fraction of sp³-hybridized carbons (Fsp3) is 0.978. The molecule has 290 valence electrons. The number of hydrogen-bond donors (Lipinski definition) is 2. The van der Waals surface area contributed by atoms with E-state index >= 15 is 0 Å². The van der Waals surface area contributed by atoms with E-state index in [1.54, 1.807) is 13.8 Å². The first-order chi connectivity index (χ1) is 23.6. The Balaban J connectivity index is 1.07. The summed E-state index contributed by atoms with van der Waals surface area (Å²) in [5, 5.41) is 20.9. The Morgan fingerprint density at radius 3 is 1.88 bits per heavy atom. The van der Waals surface area contributed by atoms with Crippen molar-refractivity contribution in [3.05, 3.63) is 0 Å². The van der Waals surface area contributed by atoms with Crippen LogP contribution < -0.4 is 0 Å². The third-order valence-corrected chi connectivity index (χ3v) is 17.3. The zero-order valence-electron chi connectivity index (χ0n) is 34.4. The standard InChI is InChI=1S/C46H82O4/c1-9-10-11-12-13-14-15-16-17-18-19-20-21-22-40(48)50-39-28-30-45-33-46(45)32-31-43(7)35(34(2)23-26-38(47)42(5,6)49)27-29-44(43,8)37(46)25-24-36(45)41(39,3)4/h34-39,47,49H,9-33H2,1-8H3. The minimum Gasteiger partial charge on any atom is -0.462 e. The lowest BCUT2D eigenvalue weighted by molar-refractivity contribution is -0.183. The Labute approximate surface area is 309 Å². The molecule has 2 spiro atoms. The monoisotopic (exact) mass is 699 g/mol. The first-order valence-electron chi connectivity index (χ1n) is 22.2. The van der Waals surface area contributed by atoms with Crippen LogP contribution in [-0.2, 0) is 9.53 Å². The van der Waals surface area contributed by atoms with E-state index in [4.69, 9.17) is 4.74 Å². The number of ether oxygens (including phenoxy) is 1. The van der Waals surface area contributed by atoms with Crippen molar-refractivity contribution in [2.45, 2.75) is 234 Å². The maximum Gasteiger partial charge on any atom is 0.306 e. The summed E-state index contributed by atoms with van der Waals surface area (Å²) >= 11 is 0. The highest BCUT2D eigenvalue weighted by atomic mass is 16.5. The molecule has 5 fully saturated rings. The number of rotatable bonds is 20. The second kappa shape index (κ2) is 16.0. The summed E-state index contributed by atoms with van der Waals surface area (Å²) in [7, 11) is 0. The largest absolute Gasteiger partial charge is 0.462 e. The van der Waals surface area contributed by atoms with Crippen LogP contribution in [0.2, 0.25) is 0 Å². The third-order valence-electron chi connectivity index (χ3n) is 17.3. The Kier molecular flexibility index (Phi) is 13.0. The van der Waals surface area contributed by atoms with Crippen LogP contribution >= 0.6 is 0 Å². The minimum atomic E-state index is -1.03. The fourth-order valence-electron chi connectivity index (χ4n) is 14.0. The van der Waals surface area contributed by atoms with Gasteiger partial charge in [-0.3, -0.25) is 4.79 Å². The molecular weight excluding hydrogens is 617 g/mol. The summed E-state index contributed by atoms with van der Waals surface area (Å²) in [5.74, 6) is 2.81. The molecule has 0 aromatic carbocycles. The van der Waals surface area contributed by atoms with Gasteiger partial charge in [-0.2, -0.15) is 0 Å². The van der Waals surface area contributed by atoms with Gasteiger partial charge in [-0.25, -0.2) is 0 Å². The molecule has 10 unspecified atom stereocenters. The zero-order chi connectivity index (χ0) is 36.4. The van der Waals surface area contributed by atoms with Gasteiger partial charge in [0.25, 0.3) is 0 Å². The molecule has 2 N–H and O–H groups in total. The number of carbonyl (C=O) groups excluding carboxylic acids is 1. The number of esters is 1. The first-order valence-corrected chi connectivity index (χ1v) is 22.2. The zero-order valence-corrected chi connectivity index (χ0v) is 34.4. The second-order valence-electron chi connectivity index (χ2n) is 20.7. The number of hydrogen-bond acceptors (Lipinski definition) is 4. The topological polar surface area (TPSA) is 66.8 Å². The Morgan fingerprint density at radius 1 is 0.720 bits per heavy atom. The third kappa shape index (κ3) is 7.66. The van der Waals surface area contributed by atoms with Gasteiger partial charge in [0, 0.05) is 11.8 Å². The summed E-state index contributed by atoms with van der Waals surface area (Å²) in [6.07, 6.45) is 30.7. The number of aliphatic hydroxyl groups excluding tert-OH is 1. The van der Waals surface area contributed by atoms with Crippen molar-refractivity contribution in [2.24, 2.45) is 50.7 Å². The molecule has 0 amide bonds. The van der Waals surface area contributed by atoms with Gasteiger partial charge >= 0.3 is 5.97 Å². The van der Waals surface area contributed by atoms with Crippen LogP contribution in [0.1, 0.15) is 216 Å². The van der Waals surface area contributed by atoms with Gasteiger partial charge in [-0.15, -0.1) is 0 Å². The average molecular weight is 699 g/mol. The molecule has 0 aliphatic heterocycles. The predicted octanol–water partition coefficient (Wildman–Crippen LogP) is 12.4. The lowest BCUT2D eigenvalue weighted by Crippen LogP contribution is -2.58. The van der Waals surface area contributed by atoms with Gasteiger partial charge in [0.15, 0.2) is 0 Å². The van der Waals surface area contributed by atoms with E-state index < -0.39 is 11.7 Å². The highest BCUT2D eigenvalue weighted by Crippen LogP contribution is 2.89. The smallest absolute Gasteiger partial charge is 0.306 e. The molecule has 0 aromatic heterocycles. The quantitative estimate of drug-likeness (QED) is 0.0981. The maximum absolute atomic E-state index is 13.1. The second-order valence-corrected chi connectivity index (χ2v) is 20.7. The summed E-state index contributed by atoms with van der Waals surface area (Å²) in [4.78, 5) is 13.1. The summed E-state index contributed by atoms with van der Waals surface area (Å²) in [6, 6.07) is 0. The number of aliphatic hydroxyl groups is 2. The van der Waals surface area contributed by atoms with E-state index in [0.717, 1.165) is 31.6 Å². The molecule has 10 atom stereocenters. The van der Waals surface area contributed by atoms with Crippen molar-refractivity contribution >= 4 is 5.97 Å². The molecule has 0 bridgehead atoms. The van der Waals surface area contributed by atoms with Crippen molar-refractivity contribution in [3.63, 3.8) is 0 Å². The summed E-state index contributed by atoms with van der Waals surface area (Å²) in [6.45, 7) is 18.4. The maximum atomic E-state index is 13.1. The van der Waals surface area contributed by atoms with Crippen LogP contribution in [0.4, 0.5) is 0 Å². The van der Waals surface area contributed by atoms with Crippen LogP contribution in [0.15, 0.2) is 0 Å². The summed E-state index contributed by atoms with van der Waals surface area (Å²) in [5.41, 5.74) is 0.723. The van der Waals surface area contributed by atoms with E-state index in [1.807, 2.05) is 0 Å². The minimum absolute atomic E-state index is 0.0497. The van der Waals surface area contributed by atoms with Crippen LogP contribution in [0.25, 0.3) is 0 Å². The number of fused-ring (bicyclic) bond motifs is 2. The van der Waals surface area contributed by atoms with Gasteiger partial charge in [0.05, 0.1) is 11.7 Å². The Morgan fingerprint density at radius 2 is 1.28 bits per heavy atom. The van der Waals surface area contributed by atoms with Gasteiger partial charge in [0.1, 0.15) is 6.10 Å². The molecule has 5 rings (SSSR count). The summed E-state index contributed by atoms with van der Waals surface area (Å²) < 4.78 is 6.39. The SMILES string of the molecule is CCCCCCCCCCCCCCCC(=O)OC1CCC23CC24CCC2(C)C(C(C)CCC(O)C(C)(C)O)CCC2(C)C4CCC3C1(C)C. The first kappa shape index (κ1) is 40.6. The van der Waals surface area contributed by atoms with Crippen molar-refractivity contribution < 1.29 is 19.7 Å². The molecule has 4 heteroatoms. The molecule has 0 radical (unpaired) electrons.